The normalized spacial score (nSPS) is 9.31. The number of aromatic carboxylic acids is 1. The van der Waals surface area contributed by atoms with Crippen LogP contribution in [0.25, 0.3) is 0 Å². The summed E-state index contributed by atoms with van der Waals surface area (Å²) in [5, 5.41) is 17.7. The maximum atomic E-state index is 11.1. The van der Waals surface area contributed by atoms with Crippen LogP contribution in [0.2, 0.25) is 0 Å². The first-order chi connectivity index (χ1) is 7.65. The van der Waals surface area contributed by atoms with Crippen molar-refractivity contribution in [2.45, 2.75) is 6.42 Å². The molecule has 84 valence electrons. The van der Waals surface area contributed by atoms with E-state index in [2.05, 4.69) is 0 Å². The molecule has 5 heteroatoms. The van der Waals surface area contributed by atoms with Gasteiger partial charge in [-0.3, -0.25) is 0 Å². The highest BCUT2D eigenvalue weighted by atomic mass is 16.5. The molecule has 0 amide bonds. The summed E-state index contributed by atoms with van der Waals surface area (Å²) >= 11 is 0. The molecule has 0 spiro atoms. The summed E-state index contributed by atoms with van der Waals surface area (Å²) in [7, 11) is 2.80. The van der Waals surface area contributed by atoms with E-state index in [1.807, 2.05) is 6.07 Å². The van der Waals surface area contributed by atoms with Gasteiger partial charge in [0.2, 0.25) is 0 Å². The summed E-state index contributed by atoms with van der Waals surface area (Å²) < 4.78 is 9.97. The van der Waals surface area contributed by atoms with Crippen LogP contribution in [0.5, 0.6) is 11.5 Å². The highest BCUT2D eigenvalue weighted by Gasteiger charge is 2.20. The van der Waals surface area contributed by atoms with Crippen molar-refractivity contribution < 1.29 is 19.4 Å². The number of rotatable bonds is 4. The summed E-state index contributed by atoms with van der Waals surface area (Å²) in [5.41, 5.74) is 0.306. The van der Waals surface area contributed by atoms with Crippen molar-refractivity contribution in [2.24, 2.45) is 0 Å². The van der Waals surface area contributed by atoms with E-state index in [1.165, 1.54) is 20.3 Å². The number of carboxylic acids is 1. The Balaban J connectivity index is 3.47. The third kappa shape index (κ3) is 2.06. The Labute approximate surface area is 92.8 Å². The molecule has 1 aromatic rings. The maximum Gasteiger partial charge on any atom is 0.339 e. The van der Waals surface area contributed by atoms with Gasteiger partial charge < -0.3 is 14.6 Å². The number of benzene rings is 1. The Kier molecular flexibility index (Phi) is 3.72. The lowest BCUT2D eigenvalue weighted by Gasteiger charge is -2.12. The van der Waals surface area contributed by atoms with Crippen LogP contribution in [-0.2, 0) is 6.42 Å². The van der Waals surface area contributed by atoms with Gasteiger partial charge in [0.05, 0.1) is 26.7 Å². The van der Waals surface area contributed by atoms with Crippen LogP contribution in [0.15, 0.2) is 12.1 Å². The molecule has 1 aromatic carbocycles. The number of nitriles is 1. The van der Waals surface area contributed by atoms with Gasteiger partial charge in [0, 0.05) is 5.56 Å². The smallest absolute Gasteiger partial charge is 0.339 e. The molecule has 0 radical (unpaired) electrons. The van der Waals surface area contributed by atoms with Crippen LogP contribution in [0.4, 0.5) is 0 Å². The molecule has 0 atom stereocenters. The summed E-state index contributed by atoms with van der Waals surface area (Å²) in [6.07, 6.45) is -0.0397. The molecular formula is C11H11NO4. The number of carbonyl (C=O) groups is 1. The summed E-state index contributed by atoms with van der Waals surface area (Å²) in [6.45, 7) is 0. The first-order valence-corrected chi connectivity index (χ1v) is 4.49. The zero-order chi connectivity index (χ0) is 12.1. The number of ether oxygens (including phenoxy) is 2. The van der Waals surface area contributed by atoms with Gasteiger partial charge in [-0.25, -0.2) is 4.79 Å². The second-order valence-corrected chi connectivity index (χ2v) is 2.96. The summed E-state index contributed by atoms with van der Waals surface area (Å²) in [6, 6.07) is 4.99. The average Bonchev–Trinajstić information content (AvgIpc) is 2.28. The standard InChI is InChI=1S/C11H11NO4/c1-15-8-3-4-9(16-2)10(11(13)14)7(8)5-6-12/h3-4H,5H2,1-2H3,(H,13,14). The number of hydrogen-bond donors (Lipinski definition) is 1. The van der Waals surface area contributed by atoms with Crippen molar-refractivity contribution in [2.75, 3.05) is 14.2 Å². The van der Waals surface area contributed by atoms with Crippen molar-refractivity contribution in [3.05, 3.63) is 23.3 Å². The minimum atomic E-state index is -1.14. The van der Waals surface area contributed by atoms with Crippen molar-refractivity contribution in [3.8, 4) is 17.6 Å². The predicted octanol–water partition coefficient (Wildman–Crippen LogP) is 1.47. The van der Waals surface area contributed by atoms with E-state index in [0.29, 0.717) is 11.3 Å². The molecule has 0 aliphatic carbocycles. The van der Waals surface area contributed by atoms with E-state index in [1.54, 1.807) is 6.07 Å². The van der Waals surface area contributed by atoms with Crippen LogP contribution >= 0.6 is 0 Å². The Morgan fingerprint density at radius 3 is 2.38 bits per heavy atom. The molecule has 1 N–H and O–H groups in total. The Morgan fingerprint density at radius 2 is 1.94 bits per heavy atom. The lowest BCUT2D eigenvalue weighted by molar-refractivity contribution is 0.0692. The molecule has 0 bridgehead atoms. The second-order valence-electron chi connectivity index (χ2n) is 2.96. The summed E-state index contributed by atoms with van der Waals surface area (Å²) in [5.74, 6) is -0.542. The second kappa shape index (κ2) is 5.03. The van der Waals surface area contributed by atoms with Gasteiger partial charge >= 0.3 is 5.97 Å². The zero-order valence-corrected chi connectivity index (χ0v) is 8.98. The molecule has 5 nitrogen and oxygen atoms in total. The first-order valence-electron chi connectivity index (χ1n) is 4.49. The van der Waals surface area contributed by atoms with E-state index >= 15 is 0 Å². The average molecular weight is 221 g/mol. The van der Waals surface area contributed by atoms with Gasteiger partial charge in [-0.1, -0.05) is 0 Å². The molecule has 0 fully saturated rings. The van der Waals surface area contributed by atoms with E-state index < -0.39 is 5.97 Å². The van der Waals surface area contributed by atoms with Crippen LogP contribution in [0.3, 0.4) is 0 Å². The maximum absolute atomic E-state index is 11.1. The van der Waals surface area contributed by atoms with Gasteiger partial charge in [-0.05, 0) is 12.1 Å². The van der Waals surface area contributed by atoms with Crippen LogP contribution < -0.4 is 9.47 Å². The van der Waals surface area contributed by atoms with Gasteiger partial charge in [0.15, 0.2) is 0 Å². The van der Waals surface area contributed by atoms with Crippen molar-refractivity contribution >= 4 is 5.97 Å². The molecular weight excluding hydrogens is 210 g/mol. The fraction of sp³-hybridized carbons (Fsp3) is 0.273. The van der Waals surface area contributed by atoms with E-state index in [-0.39, 0.29) is 17.7 Å². The molecule has 0 saturated carbocycles. The van der Waals surface area contributed by atoms with Gasteiger partial charge in [0.1, 0.15) is 17.1 Å². The van der Waals surface area contributed by atoms with Gasteiger partial charge in [-0.2, -0.15) is 5.26 Å². The van der Waals surface area contributed by atoms with Crippen molar-refractivity contribution in [1.82, 2.24) is 0 Å². The number of nitrogens with zero attached hydrogens (tertiary/aromatic N) is 1. The molecule has 16 heavy (non-hydrogen) atoms. The highest BCUT2D eigenvalue weighted by Crippen LogP contribution is 2.30. The molecule has 0 unspecified atom stereocenters. The minimum absolute atomic E-state index is 0.0246. The van der Waals surface area contributed by atoms with Gasteiger partial charge in [0.25, 0.3) is 0 Å². The monoisotopic (exact) mass is 221 g/mol. The third-order valence-corrected chi connectivity index (χ3v) is 2.14. The largest absolute Gasteiger partial charge is 0.496 e. The van der Waals surface area contributed by atoms with Crippen LogP contribution in [0, 0.1) is 11.3 Å². The Morgan fingerprint density at radius 1 is 1.38 bits per heavy atom. The van der Waals surface area contributed by atoms with E-state index in [4.69, 9.17) is 19.8 Å². The molecule has 0 aliphatic heterocycles. The SMILES string of the molecule is COc1ccc(OC)c(C(=O)O)c1CC#N. The molecule has 0 heterocycles. The van der Waals surface area contributed by atoms with Crippen LogP contribution in [-0.4, -0.2) is 25.3 Å². The Bertz CT molecular complexity index is 448. The minimum Gasteiger partial charge on any atom is -0.496 e. The third-order valence-electron chi connectivity index (χ3n) is 2.14. The Hall–Kier alpha value is -2.22. The first kappa shape index (κ1) is 11.9. The zero-order valence-electron chi connectivity index (χ0n) is 8.98. The lowest BCUT2D eigenvalue weighted by Crippen LogP contribution is -2.07. The number of methoxy groups -OCH3 is 2. The molecule has 0 aliphatic rings. The van der Waals surface area contributed by atoms with Crippen LogP contribution in [0.1, 0.15) is 15.9 Å². The highest BCUT2D eigenvalue weighted by molar-refractivity contribution is 5.93. The fourth-order valence-electron chi connectivity index (χ4n) is 1.46. The van der Waals surface area contributed by atoms with Crippen molar-refractivity contribution in [1.29, 1.82) is 5.26 Å². The molecule has 0 aromatic heterocycles. The fourth-order valence-corrected chi connectivity index (χ4v) is 1.46. The topological polar surface area (TPSA) is 79.6 Å². The lowest BCUT2D eigenvalue weighted by atomic mass is 10.0. The quantitative estimate of drug-likeness (QED) is 0.832. The number of hydrogen-bond acceptors (Lipinski definition) is 4. The predicted molar refractivity (Wildman–Crippen MR) is 55.8 cm³/mol. The summed E-state index contributed by atoms with van der Waals surface area (Å²) in [4.78, 5) is 11.1. The van der Waals surface area contributed by atoms with E-state index in [0.717, 1.165) is 0 Å². The van der Waals surface area contributed by atoms with Gasteiger partial charge in [-0.15, -0.1) is 0 Å². The molecule has 1 rings (SSSR count). The molecule has 0 saturated heterocycles. The van der Waals surface area contributed by atoms with E-state index in [9.17, 15) is 4.79 Å². The van der Waals surface area contributed by atoms with Crippen molar-refractivity contribution in [3.63, 3.8) is 0 Å². The number of carboxylic acid groups (broad SMARTS) is 1.